The highest BCUT2D eigenvalue weighted by molar-refractivity contribution is 7.83. The molecular weight excluding hydrogens is 358 g/mol. The SMILES string of the molecule is O=S(=O)(O)N[C@H]1C(O)O[C@H](CO)[C@@H](O)[C@@H]1O.O=S1(=O)OOO1. The van der Waals surface area contributed by atoms with Crippen LogP contribution >= 0.6 is 0 Å². The smallest absolute Gasteiger partial charge is 0.394 e. The van der Waals surface area contributed by atoms with Crippen molar-refractivity contribution in [3.05, 3.63) is 0 Å². The Balaban J connectivity index is 0.000000335. The summed E-state index contributed by atoms with van der Waals surface area (Å²) in [5, 5.41) is 40.1. The van der Waals surface area contributed by atoms with Crippen LogP contribution in [0.15, 0.2) is 0 Å². The van der Waals surface area contributed by atoms with Gasteiger partial charge < -0.3 is 25.2 Å². The molecule has 0 aliphatic carbocycles. The van der Waals surface area contributed by atoms with Crippen molar-refractivity contribution in [2.45, 2.75) is 30.6 Å². The Hall–Kier alpha value is -0.500. The van der Waals surface area contributed by atoms with Gasteiger partial charge in [-0.05, 0) is 13.7 Å². The van der Waals surface area contributed by atoms with Gasteiger partial charge in [-0.15, -0.1) is 0 Å². The predicted octanol–water partition coefficient (Wildman–Crippen LogP) is -4.70. The molecule has 2 fully saturated rings. The molecule has 2 rings (SSSR count). The summed E-state index contributed by atoms with van der Waals surface area (Å²) in [6.07, 6.45) is -6.34. The van der Waals surface area contributed by atoms with Crippen molar-refractivity contribution in [1.82, 2.24) is 4.72 Å². The van der Waals surface area contributed by atoms with Crippen LogP contribution in [0.5, 0.6) is 0 Å². The summed E-state index contributed by atoms with van der Waals surface area (Å²) in [5.74, 6) is 0. The number of aliphatic hydroxyl groups excluding tert-OH is 4. The second-order valence-corrected chi connectivity index (χ2v) is 6.23. The highest BCUT2D eigenvalue weighted by Crippen LogP contribution is 2.19. The van der Waals surface area contributed by atoms with Crippen LogP contribution in [0.3, 0.4) is 0 Å². The van der Waals surface area contributed by atoms with Gasteiger partial charge in [-0.2, -0.15) is 21.6 Å². The van der Waals surface area contributed by atoms with Crippen molar-refractivity contribution in [1.29, 1.82) is 0 Å². The van der Waals surface area contributed by atoms with Crippen molar-refractivity contribution < 1.29 is 60.3 Å². The van der Waals surface area contributed by atoms with Crippen LogP contribution in [0.2, 0.25) is 0 Å². The molecule has 1 unspecified atom stereocenters. The molecule has 0 radical (unpaired) electrons. The minimum absolute atomic E-state index is 0.659. The van der Waals surface area contributed by atoms with Crippen LogP contribution in [-0.2, 0) is 39.1 Å². The van der Waals surface area contributed by atoms with Crippen molar-refractivity contribution in [3.63, 3.8) is 0 Å². The second kappa shape index (κ2) is 7.38. The van der Waals surface area contributed by atoms with Gasteiger partial charge in [0.25, 0.3) is 0 Å². The molecule has 2 heterocycles. The van der Waals surface area contributed by atoms with Crippen LogP contribution in [0.1, 0.15) is 0 Å². The van der Waals surface area contributed by atoms with Crippen molar-refractivity contribution >= 4 is 20.7 Å². The minimum Gasteiger partial charge on any atom is -0.394 e. The maximum Gasteiger partial charge on any atom is 0.457 e. The maximum absolute atomic E-state index is 10.5. The first-order valence-electron chi connectivity index (χ1n) is 5.31. The van der Waals surface area contributed by atoms with Gasteiger partial charge >= 0.3 is 20.7 Å². The fourth-order valence-electron chi connectivity index (χ4n) is 1.47. The van der Waals surface area contributed by atoms with Gasteiger partial charge in [-0.25, -0.2) is 0 Å². The van der Waals surface area contributed by atoms with Gasteiger partial charge in [0.15, 0.2) is 6.29 Å². The van der Waals surface area contributed by atoms with Gasteiger partial charge in [0.1, 0.15) is 24.4 Å². The van der Waals surface area contributed by atoms with Crippen LogP contribution in [0.25, 0.3) is 0 Å². The Kier molecular flexibility index (Phi) is 6.56. The molecule has 22 heavy (non-hydrogen) atoms. The fraction of sp³-hybridized carbons (Fsp3) is 1.00. The summed E-state index contributed by atoms with van der Waals surface area (Å²) in [6.45, 7) is -0.659. The lowest BCUT2D eigenvalue weighted by atomic mass is 9.98. The number of aliphatic hydroxyl groups is 4. The third-order valence-corrected chi connectivity index (χ3v) is 3.42. The topological polar surface area (TPSA) is 218 Å². The number of hydrogen-bond acceptors (Lipinski definition) is 12. The molecule has 0 bridgehead atoms. The molecule has 0 aromatic rings. The Bertz CT molecular complexity index is 549. The Labute approximate surface area is 123 Å². The van der Waals surface area contributed by atoms with E-state index >= 15 is 0 Å². The zero-order valence-electron chi connectivity index (χ0n) is 10.4. The highest BCUT2D eigenvalue weighted by atomic mass is 32.3. The van der Waals surface area contributed by atoms with E-state index in [4.69, 9.17) is 9.66 Å². The molecule has 132 valence electrons. The average molecular weight is 371 g/mol. The predicted molar refractivity (Wildman–Crippen MR) is 60.6 cm³/mol. The molecule has 2 saturated heterocycles. The lowest BCUT2D eigenvalue weighted by Gasteiger charge is -2.39. The van der Waals surface area contributed by atoms with Crippen molar-refractivity contribution in [2.75, 3.05) is 6.61 Å². The zero-order chi connectivity index (χ0) is 17.1. The first-order valence-corrected chi connectivity index (χ1v) is 8.09. The number of nitrogens with one attached hydrogen (secondary N) is 1. The van der Waals surface area contributed by atoms with Crippen LogP contribution in [0.4, 0.5) is 0 Å². The Morgan fingerprint density at radius 1 is 1.09 bits per heavy atom. The molecule has 0 spiro atoms. The van der Waals surface area contributed by atoms with Gasteiger partial charge in [0.05, 0.1) is 6.61 Å². The van der Waals surface area contributed by atoms with E-state index in [2.05, 4.69) is 18.4 Å². The molecule has 14 nitrogen and oxygen atoms in total. The molecule has 16 heteroatoms. The lowest BCUT2D eigenvalue weighted by Crippen LogP contribution is -2.64. The third-order valence-electron chi connectivity index (χ3n) is 2.41. The van der Waals surface area contributed by atoms with E-state index in [0.29, 0.717) is 0 Å². The normalized spacial score (nSPS) is 37.6. The second-order valence-electron chi connectivity index (χ2n) is 3.96. The number of hydrogen-bond donors (Lipinski definition) is 6. The van der Waals surface area contributed by atoms with Crippen LogP contribution in [-0.4, -0.2) is 79.1 Å². The largest absolute Gasteiger partial charge is 0.457 e. The van der Waals surface area contributed by atoms with Gasteiger partial charge in [-0.1, -0.05) is 0 Å². The van der Waals surface area contributed by atoms with E-state index in [-0.39, 0.29) is 0 Å². The van der Waals surface area contributed by atoms with E-state index in [1.807, 2.05) is 0 Å². The summed E-state index contributed by atoms with van der Waals surface area (Å²) < 4.78 is 61.3. The molecular formula is C6H13NO13S2. The van der Waals surface area contributed by atoms with E-state index < -0.39 is 58.0 Å². The Morgan fingerprint density at radius 2 is 1.59 bits per heavy atom. The van der Waals surface area contributed by atoms with Crippen LogP contribution in [0, 0.1) is 0 Å². The summed E-state index contributed by atoms with van der Waals surface area (Å²) in [5.41, 5.74) is 0. The standard InChI is InChI=1S/C6H13NO8S.O5S/c8-1-2-4(9)5(10)3(6(11)15-2)7-16(12,13)14;1-6(2)4-3-5-6/h2-11H,1H2,(H,12,13,14);/t2-,3-,4-,5-,6?;/m1./s1. The molecule has 0 saturated carbocycles. The molecule has 2 aliphatic rings. The quantitative estimate of drug-likeness (QED) is 0.203. The van der Waals surface area contributed by atoms with E-state index in [1.165, 1.54) is 4.72 Å². The number of rotatable bonds is 3. The molecule has 5 atom stereocenters. The van der Waals surface area contributed by atoms with Gasteiger partial charge in [0, 0.05) is 0 Å². The summed E-state index contributed by atoms with van der Waals surface area (Å²) in [4.78, 5) is 0. The first kappa shape index (κ1) is 19.5. The van der Waals surface area contributed by atoms with Crippen molar-refractivity contribution in [2.24, 2.45) is 0 Å². The van der Waals surface area contributed by atoms with Gasteiger partial charge in [0.2, 0.25) is 0 Å². The lowest BCUT2D eigenvalue weighted by molar-refractivity contribution is -0.477. The minimum atomic E-state index is -4.66. The third kappa shape index (κ3) is 5.61. The Morgan fingerprint density at radius 3 is 1.91 bits per heavy atom. The van der Waals surface area contributed by atoms with Crippen molar-refractivity contribution in [3.8, 4) is 0 Å². The zero-order valence-corrected chi connectivity index (χ0v) is 12.0. The van der Waals surface area contributed by atoms with E-state index in [1.54, 1.807) is 0 Å². The van der Waals surface area contributed by atoms with E-state index in [9.17, 15) is 32.2 Å². The summed E-state index contributed by atoms with van der Waals surface area (Å²) in [7, 11) is -8.36. The number of ether oxygens (including phenoxy) is 1. The molecule has 0 aromatic carbocycles. The molecule has 0 amide bonds. The van der Waals surface area contributed by atoms with E-state index in [0.717, 1.165) is 0 Å². The average Bonchev–Trinajstić information content (AvgIpc) is 2.37. The summed E-state index contributed by atoms with van der Waals surface area (Å²) in [6, 6.07) is -1.62. The summed E-state index contributed by atoms with van der Waals surface area (Å²) >= 11 is 0. The maximum atomic E-state index is 10.5. The van der Waals surface area contributed by atoms with Crippen LogP contribution < -0.4 is 4.72 Å². The monoisotopic (exact) mass is 371 g/mol. The fourth-order valence-corrected chi connectivity index (χ4v) is 2.22. The first-order chi connectivity index (χ1) is 9.97. The van der Waals surface area contributed by atoms with Gasteiger partial charge in [-0.3, -0.25) is 4.55 Å². The molecule has 0 aromatic heterocycles. The molecule has 2 aliphatic heterocycles. The molecule has 6 N–H and O–H groups in total. The highest BCUT2D eigenvalue weighted by Gasteiger charge is 2.45.